The molecule has 1 atom stereocenters. The number of aliphatic imine (C=N–C) groups is 1. The van der Waals surface area contributed by atoms with Gasteiger partial charge in [0.25, 0.3) is 0 Å². The number of nitrogens with one attached hydrogen (secondary N) is 1. The topological polar surface area (TPSA) is 63.2 Å². The second-order valence-corrected chi connectivity index (χ2v) is 4.71. The van der Waals surface area contributed by atoms with E-state index in [0.29, 0.717) is 19.8 Å². The van der Waals surface area contributed by atoms with Gasteiger partial charge in [-0.25, -0.2) is 0 Å². The molecule has 1 unspecified atom stereocenters. The summed E-state index contributed by atoms with van der Waals surface area (Å²) in [4.78, 5) is 18.2. The molecule has 1 fully saturated rings. The Labute approximate surface area is 121 Å². The van der Waals surface area contributed by atoms with Crippen LogP contribution in [0.4, 0.5) is 0 Å². The molecule has 1 aliphatic heterocycles. The van der Waals surface area contributed by atoms with E-state index in [-0.39, 0.29) is 11.9 Å². The largest absolute Gasteiger partial charge is 0.466 e. The summed E-state index contributed by atoms with van der Waals surface area (Å²) in [6.45, 7) is 7.95. The normalized spacial score (nSPS) is 19.9. The van der Waals surface area contributed by atoms with E-state index in [1.807, 2.05) is 13.8 Å². The van der Waals surface area contributed by atoms with Crippen LogP contribution in [0.2, 0.25) is 0 Å². The lowest BCUT2D eigenvalue weighted by atomic mass is 9.98. The lowest BCUT2D eigenvalue weighted by Crippen LogP contribution is -2.48. The molecule has 1 heterocycles. The van der Waals surface area contributed by atoms with Crippen LogP contribution in [0.25, 0.3) is 0 Å². The predicted octanol–water partition coefficient (Wildman–Crippen LogP) is 0.873. The Balaban J connectivity index is 2.45. The minimum absolute atomic E-state index is 0.0471. The first-order valence-electron chi connectivity index (χ1n) is 7.42. The lowest BCUT2D eigenvalue weighted by Gasteiger charge is -2.33. The zero-order valence-corrected chi connectivity index (χ0v) is 12.9. The molecular formula is C14H27N3O3. The number of guanidine groups is 1. The highest BCUT2D eigenvalue weighted by atomic mass is 16.5. The standard InChI is InChI=1S/C14H27N3O3/c1-4-19-10-8-16-14(15-3)17-9-6-7-12(11-17)13(18)20-5-2/h12H,4-11H2,1-3H3,(H,15,16). The van der Waals surface area contributed by atoms with E-state index in [1.54, 1.807) is 7.05 Å². The summed E-state index contributed by atoms with van der Waals surface area (Å²) in [6.07, 6.45) is 1.88. The van der Waals surface area contributed by atoms with Gasteiger partial charge < -0.3 is 19.7 Å². The first-order chi connectivity index (χ1) is 9.72. The van der Waals surface area contributed by atoms with Crippen LogP contribution in [0.15, 0.2) is 4.99 Å². The van der Waals surface area contributed by atoms with Gasteiger partial charge in [-0.05, 0) is 26.7 Å². The Morgan fingerprint density at radius 1 is 1.40 bits per heavy atom. The van der Waals surface area contributed by atoms with Gasteiger partial charge >= 0.3 is 5.97 Å². The molecule has 0 saturated carbocycles. The van der Waals surface area contributed by atoms with Gasteiger partial charge in [-0.2, -0.15) is 0 Å². The molecule has 0 aromatic carbocycles. The average Bonchev–Trinajstić information content (AvgIpc) is 2.48. The Morgan fingerprint density at radius 3 is 2.85 bits per heavy atom. The molecule has 0 amide bonds. The zero-order valence-electron chi connectivity index (χ0n) is 12.9. The number of likely N-dealkylation sites (tertiary alicyclic amines) is 1. The fourth-order valence-corrected chi connectivity index (χ4v) is 2.33. The van der Waals surface area contributed by atoms with Crippen molar-refractivity contribution >= 4 is 11.9 Å². The van der Waals surface area contributed by atoms with E-state index >= 15 is 0 Å². The number of nitrogens with zero attached hydrogens (tertiary/aromatic N) is 2. The third-order valence-corrected chi connectivity index (χ3v) is 3.29. The molecule has 1 N–H and O–H groups in total. The van der Waals surface area contributed by atoms with Gasteiger partial charge in [0.15, 0.2) is 5.96 Å². The predicted molar refractivity (Wildman–Crippen MR) is 78.8 cm³/mol. The number of carbonyl (C=O) groups excluding carboxylic acids is 1. The number of esters is 1. The summed E-state index contributed by atoms with van der Waals surface area (Å²) >= 11 is 0. The van der Waals surface area contributed by atoms with Crippen LogP contribution in [-0.4, -0.2) is 63.3 Å². The average molecular weight is 285 g/mol. The van der Waals surface area contributed by atoms with Crippen molar-refractivity contribution in [2.75, 3.05) is 46.5 Å². The fraction of sp³-hybridized carbons (Fsp3) is 0.857. The first-order valence-corrected chi connectivity index (χ1v) is 7.42. The number of hydrogen-bond donors (Lipinski definition) is 1. The third kappa shape index (κ3) is 5.36. The van der Waals surface area contributed by atoms with Gasteiger partial charge in [0, 0.05) is 33.3 Å². The van der Waals surface area contributed by atoms with Crippen molar-refractivity contribution in [3.63, 3.8) is 0 Å². The maximum absolute atomic E-state index is 11.8. The third-order valence-electron chi connectivity index (χ3n) is 3.29. The van der Waals surface area contributed by atoms with Crippen LogP contribution in [-0.2, 0) is 14.3 Å². The van der Waals surface area contributed by atoms with Gasteiger partial charge in [0.05, 0.1) is 19.1 Å². The SMILES string of the molecule is CCOCCNC(=NC)N1CCCC(C(=O)OCC)C1. The Kier molecular flexibility index (Phi) is 8.02. The highest BCUT2D eigenvalue weighted by Crippen LogP contribution is 2.17. The number of ether oxygens (including phenoxy) is 2. The van der Waals surface area contributed by atoms with Crippen LogP contribution in [0.1, 0.15) is 26.7 Å². The van der Waals surface area contributed by atoms with E-state index in [9.17, 15) is 4.79 Å². The zero-order chi connectivity index (χ0) is 14.8. The van der Waals surface area contributed by atoms with Crippen LogP contribution < -0.4 is 5.32 Å². The molecule has 0 bridgehead atoms. The van der Waals surface area contributed by atoms with Crippen LogP contribution >= 0.6 is 0 Å². The van der Waals surface area contributed by atoms with E-state index in [1.165, 1.54) is 0 Å². The summed E-state index contributed by atoms with van der Waals surface area (Å²) in [5.74, 6) is 0.690. The van der Waals surface area contributed by atoms with Gasteiger partial charge in [0.1, 0.15) is 0 Å². The molecular weight excluding hydrogens is 258 g/mol. The Morgan fingerprint density at radius 2 is 2.20 bits per heavy atom. The number of rotatable bonds is 6. The number of carbonyl (C=O) groups is 1. The molecule has 116 valence electrons. The van der Waals surface area contributed by atoms with Crippen molar-refractivity contribution < 1.29 is 14.3 Å². The minimum atomic E-state index is -0.0954. The molecule has 20 heavy (non-hydrogen) atoms. The Hall–Kier alpha value is -1.30. The molecule has 6 heteroatoms. The fourth-order valence-electron chi connectivity index (χ4n) is 2.33. The lowest BCUT2D eigenvalue weighted by molar-refractivity contribution is -0.149. The van der Waals surface area contributed by atoms with E-state index in [2.05, 4.69) is 15.2 Å². The van der Waals surface area contributed by atoms with Crippen molar-refractivity contribution in [2.45, 2.75) is 26.7 Å². The quantitative estimate of drug-likeness (QED) is 0.340. The number of piperidine rings is 1. The molecule has 0 aromatic heterocycles. The van der Waals surface area contributed by atoms with E-state index < -0.39 is 0 Å². The summed E-state index contributed by atoms with van der Waals surface area (Å²) < 4.78 is 10.4. The van der Waals surface area contributed by atoms with Gasteiger partial charge in [-0.3, -0.25) is 9.79 Å². The molecule has 0 aliphatic carbocycles. The summed E-state index contributed by atoms with van der Waals surface area (Å²) in [5.41, 5.74) is 0. The summed E-state index contributed by atoms with van der Waals surface area (Å²) in [5, 5.41) is 3.26. The highest BCUT2D eigenvalue weighted by Gasteiger charge is 2.28. The van der Waals surface area contributed by atoms with Gasteiger partial charge in [0.2, 0.25) is 0 Å². The maximum atomic E-state index is 11.8. The molecule has 1 saturated heterocycles. The van der Waals surface area contributed by atoms with Crippen molar-refractivity contribution in [2.24, 2.45) is 10.9 Å². The maximum Gasteiger partial charge on any atom is 0.310 e. The molecule has 0 radical (unpaired) electrons. The van der Waals surface area contributed by atoms with Crippen LogP contribution in [0.5, 0.6) is 0 Å². The van der Waals surface area contributed by atoms with E-state index in [0.717, 1.165) is 38.5 Å². The van der Waals surface area contributed by atoms with Gasteiger partial charge in [-0.1, -0.05) is 0 Å². The molecule has 1 rings (SSSR count). The summed E-state index contributed by atoms with van der Waals surface area (Å²) in [6, 6.07) is 0. The minimum Gasteiger partial charge on any atom is -0.466 e. The first kappa shape index (κ1) is 16.8. The van der Waals surface area contributed by atoms with Gasteiger partial charge in [-0.15, -0.1) is 0 Å². The monoisotopic (exact) mass is 285 g/mol. The summed E-state index contributed by atoms with van der Waals surface area (Å²) in [7, 11) is 1.76. The molecule has 0 spiro atoms. The second kappa shape index (κ2) is 9.58. The molecule has 1 aliphatic rings. The molecule has 0 aromatic rings. The van der Waals surface area contributed by atoms with Crippen molar-refractivity contribution in [1.29, 1.82) is 0 Å². The second-order valence-electron chi connectivity index (χ2n) is 4.71. The molecule has 6 nitrogen and oxygen atoms in total. The highest BCUT2D eigenvalue weighted by molar-refractivity contribution is 5.81. The smallest absolute Gasteiger partial charge is 0.310 e. The van der Waals surface area contributed by atoms with Crippen molar-refractivity contribution in [3.05, 3.63) is 0 Å². The Bertz CT molecular complexity index is 321. The number of hydrogen-bond acceptors (Lipinski definition) is 4. The van der Waals surface area contributed by atoms with Crippen molar-refractivity contribution in [1.82, 2.24) is 10.2 Å². The van der Waals surface area contributed by atoms with Crippen LogP contribution in [0.3, 0.4) is 0 Å². The van der Waals surface area contributed by atoms with Crippen molar-refractivity contribution in [3.8, 4) is 0 Å². The van der Waals surface area contributed by atoms with E-state index in [4.69, 9.17) is 9.47 Å². The van der Waals surface area contributed by atoms with Crippen LogP contribution in [0, 0.1) is 5.92 Å².